The molecule has 0 atom stereocenters. The number of ether oxygens (including phenoxy) is 1. The first-order chi connectivity index (χ1) is 15.8. The zero-order valence-electron chi connectivity index (χ0n) is 19.0. The first-order valence-electron chi connectivity index (χ1n) is 11.1. The minimum absolute atomic E-state index is 0.0679. The highest BCUT2D eigenvalue weighted by atomic mass is 16.5. The number of methoxy groups -OCH3 is 1. The molecule has 1 aliphatic heterocycles. The molecule has 2 heterocycles. The summed E-state index contributed by atoms with van der Waals surface area (Å²) in [7, 11) is 1.33. The van der Waals surface area contributed by atoms with Gasteiger partial charge in [0.1, 0.15) is 5.57 Å². The number of nitrogens with zero attached hydrogens (tertiary/aromatic N) is 2. The number of para-hydroxylation sites is 1. The second kappa shape index (κ2) is 9.05. The number of carbonyl (C=O) groups is 4. The van der Waals surface area contributed by atoms with Crippen LogP contribution in [0.1, 0.15) is 59.4 Å². The van der Waals surface area contributed by atoms with Crippen LogP contribution in [0, 0.1) is 13.8 Å². The summed E-state index contributed by atoms with van der Waals surface area (Å²) in [6, 6.07) is 8.08. The van der Waals surface area contributed by atoms with Crippen molar-refractivity contribution in [3.05, 3.63) is 58.4 Å². The molecule has 1 aromatic carbocycles. The summed E-state index contributed by atoms with van der Waals surface area (Å²) in [6.07, 6.45) is 6.02. The van der Waals surface area contributed by atoms with Crippen LogP contribution in [0.3, 0.4) is 0 Å². The number of barbiturate groups is 1. The predicted octanol–water partition coefficient (Wildman–Crippen LogP) is 3.68. The molecule has 0 bridgehead atoms. The molecule has 1 aliphatic carbocycles. The maximum atomic E-state index is 13.2. The number of benzene rings is 1. The van der Waals surface area contributed by atoms with Gasteiger partial charge in [-0.05, 0) is 56.5 Å². The molecule has 2 aliphatic rings. The van der Waals surface area contributed by atoms with Crippen molar-refractivity contribution in [2.45, 2.75) is 52.0 Å². The van der Waals surface area contributed by atoms with Crippen LogP contribution in [-0.2, 0) is 14.3 Å². The molecule has 8 heteroatoms. The molecule has 4 amide bonds. The van der Waals surface area contributed by atoms with Gasteiger partial charge in [0.25, 0.3) is 11.8 Å². The number of urea groups is 1. The molecule has 2 fully saturated rings. The lowest BCUT2D eigenvalue weighted by Crippen LogP contribution is -2.58. The summed E-state index contributed by atoms with van der Waals surface area (Å²) in [5, 5.41) is 2.32. The zero-order valence-corrected chi connectivity index (χ0v) is 19.0. The van der Waals surface area contributed by atoms with Gasteiger partial charge in [-0.25, -0.2) is 9.59 Å². The van der Waals surface area contributed by atoms with Gasteiger partial charge in [0.15, 0.2) is 0 Å². The Bertz CT molecular complexity index is 1170. The van der Waals surface area contributed by atoms with Crippen LogP contribution in [0.5, 0.6) is 0 Å². The first-order valence-corrected chi connectivity index (χ1v) is 11.1. The highest BCUT2D eigenvalue weighted by Crippen LogP contribution is 2.29. The molecule has 0 unspecified atom stereocenters. The largest absolute Gasteiger partial charge is 0.465 e. The Morgan fingerprint density at radius 1 is 1.09 bits per heavy atom. The number of hydrogen-bond acceptors (Lipinski definition) is 5. The van der Waals surface area contributed by atoms with Crippen molar-refractivity contribution in [2.75, 3.05) is 7.11 Å². The van der Waals surface area contributed by atoms with E-state index in [0.29, 0.717) is 16.8 Å². The predicted molar refractivity (Wildman–Crippen MR) is 122 cm³/mol. The number of carbonyl (C=O) groups excluding carboxylic acids is 4. The van der Waals surface area contributed by atoms with E-state index in [2.05, 4.69) is 5.32 Å². The van der Waals surface area contributed by atoms with Gasteiger partial charge >= 0.3 is 12.0 Å². The zero-order chi connectivity index (χ0) is 23.7. The fourth-order valence-electron chi connectivity index (χ4n) is 4.75. The maximum absolute atomic E-state index is 13.2. The van der Waals surface area contributed by atoms with E-state index in [4.69, 9.17) is 4.74 Å². The molecule has 1 saturated carbocycles. The number of aryl methyl sites for hydroxylation is 1. The van der Waals surface area contributed by atoms with Gasteiger partial charge in [-0.2, -0.15) is 0 Å². The monoisotopic (exact) mass is 449 g/mol. The van der Waals surface area contributed by atoms with Crippen molar-refractivity contribution in [1.82, 2.24) is 14.8 Å². The topological polar surface area (TPSA) is 97.7 Å². The molecular formula is C25H27N3O5. The third-order valence-electron chi connectivity index (χ3n) is 6.39. The number of imide groups is 2. The molecule has 1 N–H and O–H groups in total. The van der Waals surface area contributed by atoms with Crippen molar-refractivity contribution < 1.29 is 23.9 Å². The Labute approximate surface area is 192 Å². The lowest BCUT2D eigenvalue weighted by Gasteiger charge is -2.35. The first kappa shape index (κ1) is 22.5. The van der Waals surface area contributed by atoms with E-state index in [9.17, 15) is 19.2 Å². The number of hydrogen-bond donors (Lipinski definition) is 1. The second-order valence-corrected chi connectivity index (χ2v) is 8.45. The Hall–Kier alpha value is -3.68. The van der Waals surface area contributed by atoms with Crippen molar-refractivity contribution >= 4 is 29.9 Å². The summed E-state index contributed by atoms with van der Waals surface area (Å²) in [5.74, 6) is -1.71. The van der Waals surface area contributed by atoms with Crippen molar-refractivity contribution in [1.29, 1.82) is 0 Å². The van der Waals surface area contributed by atoms with E-state index in [1.165, 1.54) is 18.1 Å². The van der Waals surface area contributed by atoms with Gasteiger partial charge in [0.2, 0.25) is 0 Å². The van der Waals surface area contributed by atoms with Crippen molar-refractivity contribution in [3.63, 3.8) is 0 Å². The van der Waals surface area contributed by atoms with E-state index >= 15 is 0 Å². The van der Waals surface area contributed by atoms with E-state index in [0.717, 1.165) is 43.5 Å². The number of aromatic nitrogens is 1. The van der Waals surface area contributed by atoms with Crippen molar-refractivity contribution in [2.24, 2.45) is 0 Å². The van der Waals surface area contributed by atoms with E-state index in [1.807, 2.05) is 36.6 Å². The smallest absolute Gasteiger partial charge is 0.339 e. The maximum Gasteiger partial charge on any atom is 0.339 e. The van der Waals surface area contributed by atoms with Gasteiger partial charge in [-0.15, -0.1) is 0 Å². The van der Waals surface area contributed by atoms with Gasteiger partial charge in [0.05, 0.1) is 18.4 Å². The molecule has 1 aromatic heterocycles. The summed E-state index contributed by atoms with van der Waals surface area (Å²) in [5.41, 5.74) is 3.20. The molecule has 0 spiro atoms. The number of esters is 1. The Balaban J connectivity index is 1.74. The van der Waals surface area contributed by atoms with E-state index in [-0.39, 0.29) is 11.6 Å². The fourth-order valence-corrected chi connectivity index (χ4v) is 4.75. The van der Waals surface area contributed by atoms with Gasteiger partial charge in [-0.1, -0.05) is 31.4 Å². The minimum atomic E-state index is -0.697. The van der Waals surface area contributed by atoms with Gasteiger partial charge in [0, 0.05) is 17.4 Å². The third-order valence-corrected chi connectivity index (χ3v) is 6.39. The number of rotatable bonds is 4. The lowest BCUT2D eigenvalue weighted by molar-refractivity contribution is -0.132. The number of nitrogens with one attached hydrogen (secondary N) is 1. The Kier molecular flexibility index (Phi) is 6.18. The molecular weight excluding hydrogens is 422 g/mol. The average molecular weight is 450 g/mol. The summed E-state index contributed by atoms with van der Waals surface area (Å²) in [4.78, 5) is 51.7. The van der Waals surface area contributed by atoms with E-state index in [1.54, 1.807) is 12.1 Å². The van der Waals surface area contributed by atoms with Crippen LogP contribution in [0.25, 0.3) is 11.8 Å². The molecule has 1 saturated heterocycles. The Morgan fingerprint density at radius 3 is 2.48 bits per heavy atom. The van der Waals surface area contributed by atoms with Gasteiger partial charge in [-0.3, -0.25) is 19.8 Å². The summed E-state index contributed by atoms with van der Waals surface area (Å²) in [6.45, 7) is 3.73. The summed E-state index contributed by atoms with van der Waals surface area (Å²) >= 11 is 0. The molecule has 2 aromatic rings. The molecule has 172 valence electrons. The molecule has 33 heavy (non-hydrogen) atoms. The van der Waals surface area contributed by atoms with Crippen LogP contribution < -0.4 is 5.32 Å². The Morgan fingerprint density at radius 2 is 1.79 bits per heavy atom. The molecule has 0 radical (unpaired) electrons. The summed E-state index contributed by atoms with van der Waals surface area (Å²) < 4.78 is 6.80. The number of amides is 4. The SMILES string of the molecule is COC(=O)c1ccccc1-n1c(C)cc(C=C2C(=O)NC(=O)N(C3CCCCC3)C2=O)c1C. The normalized spacial score (nSPS) is 18.6. The second-order valence-electron chi connectivity index (χ2n) is 8.45. The van der Waals surface area contributed by atoms with Gasteiger partial charge < -0.3 is 9.30 Å². The minimum Gasteiger partial charge on any atom is -0.465 e. The van der Waals surface area contributed by atoms with Crippen molar-refractivity contribution in [3.8, 4) is 5.69 Å². The van der Waals surface area contributed by atoms with Crippen LogP contribution in [-0.4, -0.2) is 46.4 Å². The average Bonchev–Trinajstić information content (AvgIpc) is 3.09. The van der Waals surface area contributed by atoms with Crippen LogP contribution in [0.2, 0.25) is 0 Å². The molecule has 4 rings (SSSR count). The van der Waals surface area contributed by atoms with Crippen LogP contribution in [0.15, 0.2) is 35.9 Å². The standard InChI is InChI=1S/C25H27N3O5/c1-15-13-17(16(2)27(15)21-12-8-7-11-19(21)24(31)33-3)14-20-22(29)26-25(32)28(23(20)30)18-9-5-4-6-10-18/h7-8,11-14,18H,4-6,9-10H2,1-3H3,(H,26,29,32). The fraction of sp³-hybridized carbons (Fsp3) is 0.360. The lowest BCUT2D eigenvalue weighted by atomic mass is 9.93. The highest BCUT2D eigenvalue weighted by Gasteiger charge is 2.40. The third kappa shape index (κ3) is 4.08. The van der Waals surface area contributed by atoms with E-state index < -0.39 is 23.8 Å². The quantitative estimate of drug-likeness (QED) is 0.436. The highest BCUT2D eigenvalue weighted by molar-refractivity contribution is 6.31. The van der Waals surface area contributed by atoms with Crippen LogP contribution in [0.4, 0.5) is 4.79 Å². The molecule has 8 nitrogen and oxygen atoms in total. The van der Waals surface area contributed by atoms with Crippen LogP contribution >= 0.6 is 0 Å².